The van der Waals surface area contributed by atoms with Crippen molar-refractivity contribution >= 4 is 5.69 Å². The molecule has 1 aromatic heterocycles. The second-order valence-corrected chi connectivity index (χ2v) is 5.81. The van der Waals surface area contributed by atoms with E-state index in [-0.39, 0.29) is 5.69 Å². The summed E-state index contributed by atoms with van der Waals surface area (Å²) in [5.74, 6) is 0.758. The molecule has 0 saturated carbocycles. The Balaban J connectivity index is 1.58. The summed E-state index contributed by atoms with van der Waals surface area (Å²) in [5.41, 5.74) is 1.88. The third-order valence-electron chi connectivity index (χ3n) is 4.23. The molecule has 0 amide bonds. The van der Waals surface area contributed by atoms with E-state index in [9.17, 15) is 4.79 Å². The number of aromatic amines is 1. The summed E-state index contributed by atoms with van der Waals surface area (Å²) in [7, 11) is 2.19. The summed E-state index contributed by atoms with van der Waals surface area (Å²) in [6, 6.07) is 7.99. The summed E-state index contributed by atoms with van der Waals surface area (Å²) >= 11 is 0. The Morgan fingerprint density at radius 1 is 1.24 bits per heavy atom. The molecule has 0 bridgehead atoms. The molecule has 2 aromatic rings. The molecule has 21 heavy (non-hydrogen) atoms. The molecular formula is C16H22N4O. The van der Waals surface area contributed by atoms with Gasteiger partial charge < -0.3 is 15.2 Å². The van der Waals surface area contributed by atoms with Crippen molar-refractivity contribution in [1.82, 2.24) is 14.5 Å². The highest BCUT2D eigenvalue weighted by molar-refractivity contribution is 5.48. The average molecular weight is 286 g/mol. The van der Waals surface area contributed by atoms with Gasteiger partial charge >= 0.3 is 5.69 Å². The average Bonchev–Trinajstić information content (AvgIpc) is 2.93. The predicted molar refractivity (Wildman–Crippen MR) is 85.1 cm³/mol. The van der Waals surface area contributed by atoms with Crippen LogP contribution >= 0.6 is 0 Å². The van der Waals surface area contributed by atoms with Gasteiger partial charge in [-0.25, -0.2) is 4.79 Å². The van der Waals surface area contributed by atoms with Crippen molar-refractivity contribution in [3.63, 3.8) is 0 Å². The predicted octanol–water partition coefficient (Wildman–Crippen LogP) is 1.92. The summed E-state index contributed by atoms with van der Waals surface area (Å²) in [5, 5.41) is 3.50. The number of imidazole rings is 1. The molecule has 0 aliphatic carbocycles. The first-order valence-electron chi connectivity index (χ1n) is 7.51. The minimum atomic E-state index is -0.109. The van der Waals surface area contributed by atoms with Crippen LogP contribution in [0.5, 0.6) is 0 Å². The molecule has 3 rings (SSSR count). The molecule has 5 heteroatoms. The first-order chi connectivity index (χ1) is 10.2. The fraction of sp³-hybridized carbons (Fsp3) is 0.438. The number of hydrogen-bond acceptors (Lipinski definition) is 3. The lowest BCUT2D eigenvalue weighted by molar-refractivity contribution is 0.226. The van der Waals surface area contributed by atoms with Crippen molar-refractivity contribution in [2.45, 2.75) is 12.8 Å². The van der Waals surface area contributed by atoms with Crippen LogP contribution in [0.2, 0.25) is 0 Å². The number of rotatable bonds is 4. The summed E-state index contributed by atoms with van der Waals surface area (Å²) in [4.78, 5) is 16.6. The van der Waals surface area contributed by atoms with Gasteiger partial charge in [0.25, 0.3) is 0 Å². The van der Waals surface area contributed by atoms with E-state index in [1.807, 2.05) is 24.3 Å². The van der Waals surface area contributed by atoms with Crippen molar-refractivity contribution in [3.05, 3.63) is 47.1 Å². The molecule has 1 aromatic carbocycles. The van der Waals surface area contributed by atoms with Crippen LogP contribution in [0, 0.1) is 5.92 Å². The van der Waals surface area contributed by atoms with Crippen LogP contribution < -0.4 is 11.0 Å². The molecule has 0 atom stereocenters. The first-order valence-corrected chi connectivity index (χ1v) is 7.51. The Bertz CT molecular complexity index is 620. The quantitative estimate of drug-likeness (QED) is 0.903. The Kier molecular flexibility index (Phi) is 4.10. The van der Waals surface area contributed by atoms with Crippen molar-refractivity contribution in [1.29, 1.82) is 0 Å². The number of nitrogens with zero attached hydrogens (tertiary/aromatic N) is 2. The largest absolute Gasteiger partial charge is 0.385 e. The van der Waals surface area contributed by atoms with Crippen LogP contribution in [-0.4, -0.2) is 41.1 Å². The minimum Gasteiger partial charge on any atom is -0.385 e. The molecule has 1 aliphatic heterocycles. The second kappa shape index (κ2) is 6.18. The molecule has 0 spiro atoms. The van der Waals surface area contributed by atoms with E-state index in [2.05, 4.69) is 22.2 Å². The van der Waals surface area contributed by atoms with Crippen molar-refractivity contribution in [2.24, 2.45) is 5.92 Å². The van der Waals surface area contributed by atoms with E-state index in [0.29, 0.717) is 0 Å². The van der Waals surface area contributed by atoms with Crippen LogP contribution in [0.15, 0.2) is 41.5 Å². The van der Waals surface area contributed by atoms with Gasteiger partial charge in [-0.1, -0.05) is 0 Å². The van der Waals surface area contributed by atoms with Gasteiger partial charge in [0.2, 0.25) is 0 Å². The molecule has 2 N–H and O–H groups in total. The Morgan fingerprint density at radius 2 is 1.95 bits per heavy atom. The number of hydrogen-bond donors (Lipinski definition) is 2. The minimum absolute atomic E-state index is 0.109. The molecular weight excluding hydrogens is 264 g/mol. The standard InChI is InChI=1S/C16H22N4O/c1-19-9-6-13(7-10-19)12-18-14-2-4-15(5-3-14)20-11-8-17-16(20)21/h2-5,8,11,13,18H,6-7,9-10,12H2,1H3,(H,17,21). The van der Waals surface area contributed by atoms with Crippen LogP contribution in [-0.2, 0) is 0 Å². The lowest BCUT2D eigenvalue weighted by atomic mass is 9.97. The number of likely N-dealkylation sites (tertiary alicyclic amines) is 1. The van der Waals surface area contributed by atoms with Gasteiger partial charge in [0.05, 0.1) is 5.69 Å². The fourth-order valence-corrected chi connectivity index (χ4v) is 2.79. The Labute approximate surface area is 124 Å². The lowest BCUT2D eigenvalue weighted by Gasteiger charge is -2.29. The maximum atomic E-state index is 11.6. The highest BCUT2D eigenvalue weighted by atomic mass is 16.1. The van der Waals surface area contributed by atoms with Crippen molar-refractivity contribution in [2.75, 3.05) is 32.0 Å². The summed E-state index contributed by atoms with van der Waals surface area (Å²) in [6.07, 6.45) is 5.92. The molecule has 2 heterocycles. The monoisotopic (exact) mass is 286 g/mol. The zero-order valence-corrected chi connectivity index (χ0v) is 12.4. The highest BCUT2D eigenvalue weighted by Gasteiger charge is 2.16. The van der Waals surface area contributed by atoms with Gasteiger partial charge in [0.1, 0.15) is 0 Å². The molecule has 0 radical (unpaired) electrons. The zero-order valence-electron chi connectivity index (χ0n) is 12.4. The number of piperidine rings is 1. The lowest BCUT2D eigenvalue weighted by Crippen LogP contribution is -2.32. The van der Waals surface area contributed by atoms with Gasteiger partial charge in [-0.3, -0.25) is 4.57 Å². The SMILES string of the molecule is CN1CCC(CNc2ccc(-n3cc[nH]c3=O)cc2)CC1. The van der Waals surface area contributed by atoms with Gasteiger partial charge in [-0.2, -0.15) is 0 Å². The van der Waals surface area contributed by atoms with Crippen molar-refractivity contribution in [3.8, 4) is 5.69 Å². The van der Waals surface area contributed by atoms with E-state index in [0.717, 1.165) is 23.8 Å². The second-order valence-electron chi connectivity index (χ2n) is 5.81. The van der Waals surface area contributed by atoms with Crippen molar-refractivity contribution < 1.29 is 0 Å². The van der Waals surface area contributed by atoms with Crippen LogP contribution in [0.1, 0.15) is 12.8 Å². The van der Waals surface area contributed by atoms with Crippen LogP contribution in [0.3, 0.4) is 0 Å². The molecule has 0 unspecified atom stereocenters. The van der Waals surface area contributed by atoms with E-state index >= 15 is 0 Å². The van der Waals surface area contributed by atoms with E-state index in [4.69, 9.17) is 0 Å². The third kappa shape index (κ3) is 3.36. The first kappa shape index (κ1) is 13.9. The number of H-pyrrole nitrogens is 1. The molecule has 5 nitrogen and oxygen atoms in total. The van der Waals surface area contributed by atoms with E-state index in [1.54, 1.807) is 17.0 Å². The smallest absolute Gasteiger partial charge is 0.330 e. The summed E-state index contributed by atoms with van der Waals surface area (Å²) < 4.78 is 1.60. The maximum Gasteiger partial charge on any atom is 0.330 e. The van der Waals surface area contributed by atoms with Gasteiger partial charge in [-0.05, 0) is 63.2 Å². The van der Waals surface area contributed by atoms with Crippen LogP contribution in [0.4, 0.5) is 5.69 Å². The third-order valence-corrected chi connectivity index (χ3v) is 4.23. The fourth-order valence-electron chi connectivity index (χ4n) is 2.79. The topological polar surface area (TPSA) is 53.1 Å². The Morgan fingerprint density at radius 3 is 2.57 bits per heavy atom. The maximum absolute atomic E-state index is 11.6. The van der Waals surface area contributed by atoms with E-state index in [1.165, 1.54) is 25.9 Å². The van der Waals surface area contributed by atoms with Crippen LogP contribution in [0.25, 0.3) is 5.69 Å². The number of benzene rings is 1. The molecule has 112 valence electrons. The molecule has 1 fully saturated rings. The molecule has 1 aliphatic rings. The Hall–Kier alpha value is -2.01. The van der Waals surface area contributed by atoms with E-state index < -0.39 is 0 Å². The zero-order chi connectivity index (χ0) is 14.7. The number of anilines is 1. The van der Waals surface area contributed by atoms with Gasteiger partial charge in [0, 0.05) is 24.6 Å². The highest BCUT2D eigenvalue weighted by Crippen LogP contribution is 2.18. The molecule has 1 saturated heterocycles. The number of nitrogens with one attached hydrogen (secondary N) is 2. The van der Waals surface area contributed by atoms with Gasteiger partial charge in [0.15, 0.2) is 0 Å². The summed E-state index contributed by atoms with van der Waals surface area (Å²) in [6.45, 7) is 3.42. The number of aromatic nitrogens is 2. The normalized spacial score (nSPS) is 17.0. The van der Waals surface area contributed by atoms with Gasteiger partial charge in [-0.15, -0.1) is 0 Å².